The van der Waals surface area contributed by atoms with Gasteiger partial charge < -0.3 is 4.74 Å². The first-order valence-electron chi connectivity index (χ1n) is 9.93. The highest BCUT2D eigenvalue weighted by atomic mass is 16.5. The van der Waals surface area contributed by atoms with E-state index in [-0.39, 0.29) is 11.2 Å². The number of rotatable bonds is 8. The third kappa shape index (κ3) is 4.36. The van der Waals surface area contributed by atoms with E-state index in [2.05, 4.69) is 27.1 Å². The molecular formula is C23H22N6O3. The Bertz CT molecular complexity index is 1380. The van der Waals surface area contributed by atoms with E-state index < -0.39 is 11.2 Å². The number of fused-ring (bicyclic) bond motifs is 1. The van der Waals surface area contributed by atoms with E-state index in [0.717, 1.165) is 16.9 Å². The molecule has 0 aliphatic heterocycles. The SMILES string of the molecule is C=CCn1c(N/N=C\c2ccc(OCc3ccccc3)cc2)nc2c1c(=O)[nH]c(=O)n2C. The number of allylic oxidation sites excluding steroid dienone is 1. The number of hydrogen-bond acceptors (Lipinski definition) is 6. The Labute approximate surface area is 183 Å². The van der Waals surface area contributed by atoms with Gasteiger partial charge in [0, 0.05) is 13.6 Å². The molecule has 2 heterocycles. The van der Waals surface area contributed by atoms with Gasteiger partial charge >= 0.3 is 5.69 Å². The van der Waals surface area contributed by atoms with Crippen LogP contribution in [0.2, 0.25) is 0 Å². The molecule has 4 rings (SSSR count). The summed E-state index contributed by atoms with van der Waals surface area (Å²) in [5.74, 6) is 1.08. The minimum Gasteiger partial charge on any atom is -0.489 e. The van der Waals surface area contributed by atoms with Gasteiger partial charge in [0.1, 0.15) is 12.4 Å². The molecule has 9 nitrogen and oxygen atoms in total. The lowest BCUT2D eigenvalue weighted by Gasteiger charge is -2.06. The standard InChI is InChI=1S/C23H22N6O3/c1-3-13-29-19-20(28(2)23(31)26-21(19)30)25-22(29)27-24-14-16-9-11-18(12-10-16)32-15-17-7-5-4-6-8-17/h3-12,14H,1,13,15H2,2H3,(H,25,27)(H,26,30,31)/b24-14-. The fraction of sp³-hybridized carbons (Fsp3) is 0.130. The minimum atomic E-state index is -0.532. The van der Waals surface area contributed by atoms with Crippen LogP contribution in [0.25, 0.3) is 11.2 Å². The van der Waals surface area contributed by atoms with Gasteiger partial charge in [0.05, 0.1) is 6.21 Å². The van der Waals surface area contributed by atoms with E-state index >= 15 is 0 Å². The summed E-state index contributed by atoms with van der Waals surface area (Å²) in [5, 5.41) is 4.22. The van der Waals surface area contributed by atoms with Crippen molar-refractivity contribution < 1.29 is 4.74 Å². The zero-order valence-corrected chi connectivity index (χ0v) is 17.5. The summed E-state index contributed by atoms with van der Waals surface area (Å²) in [7, 11) is 1.54. The summed E-state index contributed by atoms with van der Waals surface area (Å²) in [4.78, 5) is 30.8. The van der Waals surface area contributed by atoms with Gasteiger partial charge in [0.2, 0.25) is 5.95 Å². The molecule has 0 aliphatic carbocycles. The van der Waals surface area contributed by atoms with Crippen molar-refractivity contribution in [2.75, 3.05) is 5.43 Å². The Morgan fingerprint density at radius 2 is 1.91 bits per heavy atom. The van der Waals surface area contributed by atoms with E-state index in [9.17, 15) is 9.59 Å². The van der Waals surface area contributed by atoms with Gasteiger partial charge in [-0.1, -0.05) is 36.4 Å². The molecule has 9 heteroatoms. The first kappa shape index (κ1) is 20.9. The topological polar surface area (TPSA) is 106 Å². The van der Waals surface area contributed by atoms with Crippen LogP contribution in [0.1, 0.15) is 11.1 Å². The average Bonchev–Trinajstić information content (AvgIpc) is 3.17. The highest BCUT2D eigenvalue weighted by Gasteiger charge is 2.16. The van der Waals surface area contributed by atoms with Crippen molar-refractivity contribution >= 4 is 23.3 Å². The van der Waals surface area contributed by atoms with Gasteiger partial charge in [0.15, 0.2) is 11.2 Å². The molecule has 2 aromatic carbocycles. The molecule has 0 unspecified atom stereocenters. The average molecular weight is 430 g/mol. The lowest BCUT2D eigenvalue weighted by molar-refractivity contribution is 0.306. The van der Waals surface area contributed by atoms with E-state index in [1.807, 2.05) is 54.6 Å². The summed E-state index contributed by atoms with van der Waals surface area (Å²) in [6, 6.07) is 17.4. The Morgan fingerprint density at radius 1 is 1.16 bits per heavy atom. The summed E-state index contributed by atoms with van der Waals surface area (Å²) in [6.45, 7) is 4.54. The second-order valence-corrected chi connectivity index (χ2v) is 7.04. The molecule has 0 fully saturated rings. The van der Waals surface area contributed by atoms with E-state index in [1.54, 1.807) is 23.9 Å². The number of aromatic amines is 1. The molecule has 0 amide bonds. The van der Waals surface area contributed by atoms with Crippen molar-refractivity contribution in [1.29, 1.82) is 0 Å². The fourth-order valence-corrected chi connectivity index (χ4v) is 3.18. The smallest absolute Gasteiger partial charge is 0.329 e. The Kier molecular flexibility index (Phi) is 5.98. The van der Waals surface area contributed by atoms with Crippen LogP contribution in [0.15, 0.2) is 81.9 Å². The lowest BCUT2D eigenvalue weighted by atomic mass is 10.2. The zero-order chi connectivity index (χ0) is 22.5. The first-order valence-corrected chi connectivity index (χ1v) is 9.93. The van der Waals surface area contributed by atoms with Crippen molar-refractivity contribution in [2.24, 2.45) is 12.1 Å². The molecule has 2 N–H and O–H groups in total. The third-order valence-corrected chi connectivity index (χ3v) is 4.83. The molecule has 32 heavy (non-hydrogen) atoms. The maximum atomic E-state index is 12.3. The summed E-state index contributed by atoms with van der Waals surface area (Å²) < 4.78 is 8.67. The van der Waals surface area contributed by atoms with Crippen molar-refractivity contribution in [1.82, 2.24) is 19.1 Å². The Hall–Kier alpha value is -4.40. The lowest BCUT2D eigenvalue weighted by Crippen LogP contribution is -2.29. The molecular weight excluding hydrogens is 408 g/mol. The number of ether oxygens (including phenoxy) is 1. The summed E-state index contributed by atoms with van der Waals surface area (Å²) >= 11 is 0. The molecule has 0 atom stereocenters. The second kappa shape index (κ2) is 9.17. The monoisotopic (exact) mass is 430 g/mol. The number of aryl methyl sites for hydroxylation is 1. The van der Waals surface area contributed by atoms with E-state index in [1.165, 1.54) is 4.57 Å². The highest BCUT2D eigenvalue weighted by Crippen LogP contribution is 2.16. The number of benzene rings is 2. The number of anilines is 1. The predicted molar refractivity (Wildman–Crippen MR) is 124 cm³/mol. The van der Waals surface area contributed by atoms with E-state index in [0.29, 0.717) is 19.1 Å². The molecule has 0 saturated carbocycles. The number of imidazole rings is 1. The van der Waals surface area contributed by atoms with Gasteiger partial charge in [0.25, 0.3) is 5.56 Å². The first-order chi connectivity index (χ1) is 15.6. The van der Waals surface area contributed by atoms with Crippen LogP contribution in [0.4, 0.5) is 5.95 Å². The largest absolute Gasteiger partial charge is 0.489 e. The van der Waals surface area contributed by atoms with Crippen LogP contribution in [-0.2, 0) is 20.2 Å². The number of hydrazone groups is 1. The quantitative estimate of drug-likeness (QED) is 0.254. The van der Waals surface area contributed by atoms with Crippen molar-refractivity contribution in [3.8, 4) is 5.75 Å². The number of aromatic nitrogens is 4. The molecule has 0 aliphatic rings. The van der Waals surface area contributed by atoms with Gasteiger partial charge in [-0.3, -0.25) is 18.9 Å². The van der Waals surface area contributed by atoms with Crippen LogP contribution in [0, 0.1) is 0 Å². The van der Waals surface area contributed by atoms with Gasteiger partial charge in [-0.05, 0) is 35.4 Å². The number of hydrogen-bond donors (Lipinski definition) is 2. The number of H-pyrrole nitrogens is 1. The van der Waals surface area contributed by atoms with Crippen LogP contribution < -0.4 is 21.4 Å². The maximum Gasteiger partial charge on any atom is 0.329 e. The van der Waals surface area contributed by atoms with Crippen LogP contribution >= 0.6 is 0 Å². The minimum absolute atomic E-state index is 0.262. The van der Waals surface area contributed by atoms with Gasteiger partial charge in [-0.2, -0.15) is 10.1 Å². The number of nitrogens with one attached hydrogen (secondary N) is 2. The fourth-order valence-electron chi connectivity index (χ4n) is 3.18. The van der Waals surface area contributed by atoms with Crippen LogP contribution in [-0.4, -0.2) is 25.3 Å². The maximum absolute atomic E-state index is 12.3. The summed E-state index contributed by atoms with van der Waals surface area (Å²) in [6.07, 6.45) is 3.26. The molecule has 0 saturated heterocycles. The van der Waals surface area contributed by atoms with Gasteiger partial charge in [-0.15, -0.1) is 6.58 Å². The van der Waals surface area contributed by atoms with Crippen molar-refractivity contribution in [3.63, 3.8) is 0 Å². The molecule has 2 aromatic heterocycles. The van der Waals surface area contributed by atoms with Crippen LogP contribution in [0.5, 0.6) is 5.75 Å². The van der Waals surface area contributed by atoms with Crippen molar-refractivity contribution in [3.05, 3.63) is 99.2 Å². The molecule has 0 radical (unpaired) electrons. The molecule has 0 bridgehead atoms. The normalized spacial score (nSPS) is 11.2. The zero-order valence-electron chi connectivity index (χ0n) is 17.5. The third-order valence-electron chi connectivity index (χ3n) is 4.83. The number of nitrogens with zero attached hydrogens (tertiary/aromatic N) is 4. The predicted octanol–water partition coefficient (Wildman–Crippen LogP) is 2.63. The Balaban J connectivity index is 1.49. The second-order valence-electron chi connectivity index (χ2n) is 7.04. The summed E-state index contributed by atoms with van der Waals surface area (Å²) in [5.41, 5.74) is 4.28. The van der Waals surface area contributed by atoms with Crippen molar-refractivity contribution in [2.45, 2.75) is 13.2 Å². The molecule has 4 aromatic rings. The van der Waals surface area contributed by atoms with Crippen LogP contribution in [0.3, 0.4) is 0 Å². The van der Waals surface area contributed by atoms with E-state index in [4.69, 9.17) is 4.74 Å². The molecule has 162 valence electrons. The highest BCUT2D eigenvalue weighted by molar-refractivity contribution is 5.80. The van der Waals surface area contributed by atoms with Gasteiger partial charge in [-0.25, -0.2) is 10.2 Å². The Morgan fingerprint density at radius 3 is 2.62 bits per heavy atom. The molecule has 0 spiro atoms.